The second kappa shape index (κ2) is 7.95. The van der Waals surface area contributed by atoms with E-state index in [0.29, 0.717) is 22.6 Å². The van der Waals surface area contributed by atoms with Crippen LogP contribution in [0.3, 0.4) is 0 Å². The van der Waals surface area contributed by atoms with Crippen molar-refractivity contribution in [2.24, 2.45) is 0 Å². The summed E-state index contributed by atoms with van der Waals surface area (Å²) >= 11 is 0. The fraction of sp³-hybridized carbons (Fsp3) is 0.0870. The van der Waals surface area contributed by atoms with E-state index >= 15 is 0 Å². The van der Waals surface area contributed by atoms with Gasteiger partial charge in [-0.3, -0.25) is 24.6 Å². The quantitative estimate of drug-likeness (QED) is 0.265. The SMILES string of the molecule is Cc1cc([N+](=O)[O-])ccc1-c1ccc(/C=C2/C(=O)N(C)C(=O)N(c3ccccc3)C2=O)o1. The number of anilines is 1. The van der Waals surface area contributed by atoms with Gasteiger partial charge in [0.05, 0.1) is 10.6 Å². The molecule has 1 fully saturated rings. The molecule has 0 aliphatic carbocycles. The number of likely N-dealkylation sites (N-methyl/N-ethyl adjacent to an activating group) is 1. The van der Waals surface area contributed by atoms with Crippen LogP contribution in [0.1, 0.15) is 11.3 Å². The Morgan fingerprint density at radius 1 is 0.969 bits per heavy atom. The standard InChI is InChI=1S/C23H17N3O6/c1-14-12-16(26(30)31)8-10-18(14)20-11-9-17(32-20)13-19-21(27)24(2)23(29)25(22(19)28)15-6-4-3-5-7-15/h3-13H,1-2H3/b19-13-. The Balaban J connectivity index is 1.70. The number of non-ortho nitro benzene ring substituents is 1. The summed E-state index contributed by atoms with van der Waals surface area (Å²) in [5.41, 5.74) is 1.36. The summed E-state index contributed by atoms with van der Waals surface area (Å²) in [5, 5.41) is 10.9. The minimum absolute atomic E-state index is 0.0349. The molecule has 4 rings (SSSR count). The highest BCUT2D eigenvalue weighted by Gasteiger charge is 2.41. The first-order chi connectivity index (χ1) is 15.3. The van der Waals surface area contributed by atoms with Crippen molar-refractivity contribution in [2.45, 2.75) is 6.92 Å². The molecule has 1 aromatic heterocycles. The van der Waals surface area contributed by atoms with Crippen LogP contribution in [0, 0.1) is 17.0 Å². The molecule has 160 valence electrons. The van der Waals surface area contributed by atoms with Gasteiger partial charge in [-0.15, -0.1) is 0 Å². The van der Waals surface area contributed by atoms with E-state index in [1.54, 1.807) is 55.5 Å². The van der Waals surface area contributed by atoms with E-state index in [4.69, 9.17) is 4.42 Å². The Hall–Kier alpha value is -4.53. The number of amides is 4. The molecule has 9 nitrogen and oxygen atoms in total. The number of nitro benzene ring substituents is 1. The summed E-state index contributed by atoms with van der Waals surface area (Å²) in [7, 11) is 1.30. The summed E-state index contributed by atoms with van der Waals surface area (Å²) in [6, 6.07) is 15.2. The van der Waals surface area contributed by atoms with Crippen LogP contribution in [0.15, 0.2) is 70.7 Å². The van der Waals surface area contributed by atoms with Crippen molar-refractivity contribution in [1.29, 1.82) is 0 Å². The summed E-state index contributed by atoms with van der Waals surface area (Å²) < 4.78 is 5.78. The zero-order chi connectivity index (χ0) is 23.0. The second-order valence-corrected chi connectivity index (χ2v) is 7.14. The van der Waals surface area contributed by atoms with Crippen LogP contribution in [-0.2, 0) is 9.59 Å². The first-order valence-corrected chi connectivity index (χ1v) is 9.56. The Labute approximate surface area is 182 Å². The molecule has 0 bridgehead atoms. The van der Waals surface area contributed by atoms with Crippen LogP contribution in [-0.4, -0.2) is 34.7 Å². The van der Waals surface area contributed by atoms with Gasteiger partial charge in [0.25, 0.3) is 17.5 Å². The number of imide groups is 2. The maximum atomic E-state index is 13.0. The summed E-state index contributed by atoms with van der Waals surface area (Å²) in [6.07, 6.45) is 1.29. The maximum absolute atomic E-state index is 13.0. The molecule has 0 saturated carbocycles. The minimum Gasteiger partial charge on any atom is -0.457 e. The van der Waals surface area contributed by atoms with Crippen LogP contribution in [0.2, 0.25) is 0 Å². The molecule has 2 heterocycles. The number of furan rings is 1. The topological polar surface area (TPSA) is 114 Å². The lowest BCUT2D eigenvalue weighted by atomic mass is 10.1. The molecule has 1 aliphatic rings. The lowest BCUT2D eigenvalue weighted by Crippen LogP contribution is -2.55. The van der Waals surface area contributed by atoms with E-state index in [2.05, 4.69) is 0 Å². The average molecular weight is 431 g/mol. The fourth-order valence-electron chi connectivity index (χ4n) is 3.40. The third-order valence-electron chi connectivity index (χ3n) is 5.06. The number of para-hydroxylation sites is 1. The largest absolute Gasteiger partial charge is 0.457 e. The fourth-order valence-corrected chi connectivity index (χ4v) is 3.40. The molecule has 2 aromatic carbocycles. The zero-order valence-corrected chi connectivity index (χ0v) is 17.1. The zero-order valence-electron chi connectivity index (χ0n) is 17.1. The Kier molecular flexibility index (Phi) is 5.15. The average Bonchev–Trinajstić information content (AvgIpc) is 3.24. The van der Waals surface area contributed by atoms with E-state index < -0.39 is 22.8 Å². The molecular formula is C23H17N3O6. The van der Waals surface area contributed by atoms with E-state index in [-0.39, 0.29) is 17.0 Å². The molecule has 9 heteroatoms. The van der Waals surface area contributed by atoms with Crippen molar-refractivity contribution >= 4 is 35.3 Å². The van der Waals surface area contributed by atoms with Gasteiger partial charge in [-0.1, -0.05) is 18.2 Å². The third kappa shape index (κ3) is 3.56. The van der Waals surface area contributed by atoms with Crippen molar-refractivity contribution in [3.05, 3.63) is 87.7 Å². The predicted octanol–water partition coefficient (Wildman–Crippen LogP) is 4.17. The molecule has 0 N–H and O–H groups in total. The van der Waals surface area contributed by atoms with Crippen molar-refractivity contribution in [3.8, 4) is 11.3 Å². The molecule has 1 aliphatic heterocycles. The van der Waals surface area contributed by atoms with Crippen molar-refractivity contribution in [3.63, 3.8) is 0 Å². The molecule has 32 heavy (non-hydrogen) atoms. The maximum Gasteiger partial charge on any atom is 0.338 e. The number of hydrogen-bond donors (Lipinski definition) is 0. The summed E-state index contributed by atoms with van der Waals surface area (Å²) in [5.74, 6) is -0.847. The van der Waals surface area contributed by atoms with Gasteiger partial charge in [-0.25, -0.2) is 9.69 Å². The first-order valence-electron chi connectivity index (χ1n) is 9.56. The van der Waals surface area contributed by atoms with Gasteiger partial charge < -0.3 is 4.42 Å². The van der Waals surface area contributed by atoms with Crippen LogP contribution < -0.4 is 4.90 Å². The highest BCUT2D eigenvalue weighted by atomic mass is 16.6. The number of nitrogens with zero attached hydrogens (tertiary/aromatic N) is 3. The van der Waals surface area contributed by atoms with Gasteiger partial charge in [0.15, 0.2) is 0 Å². The molecule has 0 atom stereocenters. The van der Waals surface area contributed by atoms with Gasteiger partial charge in [-0.05, 0) is 48.9 Å². The number of hydrogen-bond acceptors (Lipinski definition) is 6. The van der Waals surface area contributed by atoms with Crippen LogP contribution in [0.25, 0.3) is 17.4 Å². The molecule has 3 aromatic rings. The highest BCUT2D eigenvalue weighted by molar-refractivity contribution is 6.38. The van der Waals surface area contributed by atoms with Crippen molar-refractivity contribution in [2.75, 3.05) is 11.9 Å². The smallest absolute Gasteiger partial charge is 0.338 e. The van der Waals surface area contributed by atoms with Gasteiger partial charge in [0.2, 0.25) is 0 Å². The number of benzene rings is 2. The number of rotatable bonds is 4. The number of nitro groups is 1. The molecule has 0 unspecified atom stereocenters. The van der Waals surface area contributed by atoms with Gasteiger partial charge in [0, 0.05) is 24.7 Å². The second-order valence-electron chi connectivity index (χ2n) is 7.14. The van der Waals surface area contributed by atoms with E-state index in [1.165, 1.54) is 25.3 Å². The molecular weight excluding hydrogens is 414 g/mol. The van der Waals surface area contributed by atoms with Crippen LogP contribution in [0.4, 0.5) is 16.2 Å². The van der Waals surface area contributed by atoms with Crippen molar-refractivity contribution < 1.29 is 23.7 Å². The lowest BCUT2D eigenvalue weighted by Gasteiger charge is -2.31. The van der Waals surface area contributed by atoms with E-state index in [0.717, 1.165) is 9.80 Å². The Morgan fingerprint density at radius 3 is 2.34 bits per heavy atom. The van der Waals surface area contributed by atoms with Gasteiger partial charge >= 0.3 is 6.03 Å². The minimum atomic E-state index is -0.756. The molecule has 4 amide bonds. The van der Waals surface area contributed by atoms with Crippen LogP contribution >= 0.6 is 0 Å². The van der Waals surface area contributed by atoms with Gasteiger partial charge in [0.1, 0.15) is 17.1 Å². The molecule has 1 saturated heterocycles. The molecule has 0 spiro atoms. The summed E-state index contributed by atoms with van der Waals surface area (Å²) in [6.45, 7) is 1.72. The Bertz CT molecular complexity index is 1290. The lowest BCUT2D eigenvalue weighted by molar-refractivity contribution is -0.384. The number of carbonyl (C=O) groups excluding carboxylic acids is 3. The van der Waals surface area contributed by atoms with Gasteiger partial charge in [-0.2, -0.15) is 0 Å². The highest BCUT2D eigenvalue weighted by Crippen LogP contribution is 2.30. The number of barbiturate groups is 1. The summed E-state index contributed by atoms with van der Waals surface area (Å²) in [4.78, 5) is 50.5. The number of aryl methyl sites for hydroxylation is 1. The number of urea groups is 1. The molecule has 0 radical (unpaired) electrons. The van der Waals surface area contributed by atoms with Crippen LogP contribution in [0.5, 0.6) is 0 Å². The third-order valence-corrected chi connectivity index (χ3v) is 5.06. The first kappa shape index (κ1) is 20.7. The normalized spacial score (nSPS) is 15.6. The van der Waals surface area contributed by atoms with E-state index in [9.17, 15) is 24.5 Å². The predicted molar refractivity (Wildman–Crippen MR) is 116 cm³/mol. The Morgan fingerprint density at radius 2 is 1.69 bits per heavy atom. The monoisotopic (exact) mass is 431 g/mol. The van der Waals surface area contributed by atoms with Crippen molar-refractivity contribution in [1.82, 2.24) is 4.90 Å². The number of carbonyl (C=O) groups is 3. The van der Waals surface area contributed by atoms with E-state index in [1.807, 2.05) is 0 Å².